The quantitative estimate of drug-likeness (QED) is 0.666. The molecule has 13 heavy (non-hydrogen) atoms. The fraction of sp³-hybridized carbons (Fsp3) is 0.727. The molecule has 0 rings (SSSR count). The average Bonchev–Trinajstić information content (AvgIpc) is 1.82. The minimum Gasteiger partial charge on any atom is -0.351 e. The van der Waals surface area contributed by atoms with Gasteiger partial charge >= 0.3 is 0 Å². The molecular formula is C11H21NO. The second-order valence-electron chi connectivity index (χ2n) is 4.41. The summed E-state index contributed by atoms with van der Waals surface area (Å²) in [5.74, 6) is 0.799. The first-order chi connectivity index (χ1) is 5.81. The molecule has 1 unspecified atom stereocenters. The van der Waals surface area contributed by atoms with Crippen LogP contribution in [0.5, 0.6) is 0 Å². The first kappa shape index (κ1) is 12.2. The fourth-order valence-corrected chi connectivity index (χ4v) is 1.94. The second-order valence-corrected chi connectivity index (χ2v) is 4.41. The summed E-state index contributed by atoms with van der Waals surface area (Å²) in [6.07, 6.45) is 1.92. The molecule has 76 valence electrons. The van der Waals surface area contributed by atoms with Crippen LogP contribution >= 0.6 is 0 Å². The molecule has 0 aliphatic rings. The van der Waals surface area contributed by atoms with Gasteiger partial charge in [-0.2, -0.15) is 0 Å². The van der Waals surface area contributed by atoms with E-state index in [0.29, 0.717) is 11.8 Å². The van der Waals surface area contributed by atoms with E-state index in [0.717, 1.165) is 0 Å². The van der Waals surface area contributed by atoms with Gasteiger partial charge in [0.25, 0.3) is 0 Å². The second kappa shape index (κ2) is 4.45. The largest absolute Gasteiger partial charge is 0.351 e. The Balaban J connectivity index is 4.56. The molecule has 0 spiro atoms. The van der Waals surface area contributed by atoms with Gasteiger partial charge in [-0.1, -0.05) is 19.9 Å². The molecule has 0 aromatic rings. The molecular weight excluding hydrogens is 162 g/mol. The van der Waals surface area contributed by atoms with Crippen molar-refractivity contribution in [3.8, 4) is 0 Å². The summed E-state index contributed by atoms with van der Waals surface area (Å²) in [7, 11) is 0. The lowest BCUT2D eigenvalue weighted by Crippen LogP contribution is -2.49. The number of hydrogen-bond acceptors (Lipinski definition) is 1. The van der Waals surface area contributed by atoms with Gasteiger partial charge in [-0.15, -0.1) is 6.58 Å². The lowest BCUT2D eigenvalue weighted by molar-refractivity contribution is -0.121. The van der Waals surface area contributed by atoms with Gasteiger partial charge in [-0.3, -0.25) is 4.79 Å². The number of nitrogens with one attached hydrogen (secondary N) is 1. The van der Waals surface area contributed by atoms with Crippen LogP contribution < -0.4 is 5.32 Å². The summed E-state index contributed by atoms with van der Waals surface area (Å²) in [4.78, 5) is 11.0. The van der Waals surface area contributed by atoms with Gasteiger partial charge in [0.05, 0.1) is 0 Å². The zero-order chi connectivity index (χ0) is 10.6. The molecule has 0 radical (unpaired) electrons. The normalized spacial score (nSPS) is 14.0. The van der Waals surface area contributed by atoms with E-state index in [1.807, 2.05) is 19.9 Å². The first-order valence-corrected chi connectivity index (χ1v) is 4.72. The Morgan fingerprint density at radius 2 is 1.92 bits per heavy atom. The van der Waals surface area contributed by atoms with Crippen molar-refractivity contribution in [2.75, 3.05) is 0 Å². The summed E-state index contributed by atoms with van der Waals surface area (Å²) in [6, 6.07) is 0. The van der Waals surface area contributed by atoms with Crippen molar-refractivity contribution in [1.29, 1.82) is 0 Å². The third-order valence-electron chi connectivity index (χ3n) is 2.30. The van der Waals surface area contributed by atoms with Crippen molar-refractivity contribution in [2.24, 2.45) is 11.8 Å². The maximum atomic E-state index is 11.0. The molecule has 0 aliphatic heterocycles. The highest BCUT2D eigenvalue weighted by Gasteiger charge is 2.29. The number of amides is 1. The molecule has 0 aliphatic carbocycles. The predicted molar refractivity (Wildman–Crippen MR) is 56.4 cm³/mol. The highest BCUT2D eigenvalue weighted by Crippen LogP contribution is 2.25. The SMILES string of the molecule is C=CC(C(C)C)C(C)(C)NC(C)=O. The van der Waals surface area contributed by atoms with E-state index in [4.69, 9.17) is 0 Å². The van der Waals surface area contributed by atoms with Crippen molar-refractivity contribution in [1.82, 2.24) is 5.32 Å². The zero-order valence-corrected chi connectivity index (χ0v) is 9.35. The third kappa shape index (κ3) is 3.62. The molecule has 0 heterocycles. The Morgan fingerprint density at radius 3 is 2.15 bits per heavy atom. The summed E-state index contributed by atoms with van der Waals surface area (Å²) in [5, 5.41) is 2.94. The van der Waals surface area contributed by atoms with Crippen LogP contribution in [0.25, 0.3) is 0 Å². The molecule has 1 N–H and O–H groups in total. The van der Waals surface area contributed by atoms with Crippen LogP contribution in [0.2, 0.25) is 0 Å². The van der Waals surface area contributed by atoms with Crippen LogP contribution in [0.3, 0.4) is 0 Å². The molecule has 0 bridgehead atoms. The minimum atomic E-state index is -0.207. The van der Waals surface area contributed by atoms with Crippen molar-refractivity contribution in [2.45, 2.75) is 40.2 Å². The Bertz CT molecular complexity index is 194. The first-order valence-electron chi connectivity index (χ1n) is 4.72. The summed E-state index contributed by atoms with van der Waals surface area (Å²) in [5.41, 5.74) is -0.207. The molecule has 0 saturated carbocycles. The molecule has 0 aromatic heterocycles. The smallest absolute Gasteiger partial charge is 0.217 e. The van der Waals surface area contributed by atoms with E-state index in [1.54, 1.807) is 6.92 Å². The summed E-state index contributed by atoms with van der Waals surface area (Å²) < 4.78 is 0. The monoisotopic (exact) mass is 183 g/mol. The van der Waals surface area contributed by atoms with Gasteiger partial charge in [0.15, 0.2) is 0 Å². The van der Waals surface area contributed by atoms with Crippen LogP contribution in [0, 0.1) is 11.8 Å². The minimum absolute atomic E-state index is 0.0116. The van der Waals surface area contributed by atoms with Crippen molar-refractivity contribution < 1.29 is 4.79 Å². The van der Waals surface area contributed by atoms with E-state index in [9.17, 15) is 4.79 Å². The van der Waals surface area contributed by atoms with Crippen LogP contribution in [0.15, 0.2) is 12.7 Å². The third-order valence-corrected chi connectivity index (χ3v) is 2.30. The molecule has 2 nitrogen and oxygen atoms in total. The van der Waals surface area contributed by atoms with Gasteiger partial charge in [-0.25, -0.2) is 0 Å². The van der Waals surface area contributed by atoms with Crippen LogP contribution in [0.1, 0.15) is 34.6 Å². The maximum Gasteiger partial charge on any atom is 0.217 e. The van der Waals surface area contributed by atoms with Gasteiger partial charge < -0.3 is 5.32 Å². The van der Waals surface area contributed by atoms with Crippen molar-refractivity contribution >= 4 is 5.91 Å². The highest BCUT2D eigenvalue weighted by atomic mass is 16.1. The summed E-state index contributed by atoms with van der Waals surface area (Å²) >= 11 is 0. The lowest BCUT2D eigenvalue weighted by Gasteiger charge is -2.35. The summed E-state index contributed by atoms with van der Waals surface area (Å²) in [6.45, 7) is 13.7. The number of hydrogen-bond donors (Lipinski definition) is 1. The van der Waals surface area contributed by atoms with Crippen LogP contribution in [-0.4, -0.2) is 11.4 Å². The lowest BCUT2D eigenvalue weighted by atomic mass is 9.79. The fourth-order valence-electron chi connectivity index (χ4n) is 1.94. The van der Waals surface area contributed by atoms with Crippen LogP contribution in [0.4, 0.5) is 0 Å². The number of carbonyl (C=O) groups is 1. The highest BCUT2D eigenvalue weighted by molar-refractivity contribution is 5.73. The van der Waals surface area contributed by atoms with Gasteiger partial charge in [0, 0.05) is 18.4 Å². The van der Waals surface area contributed by atoms with Crippen LogP contribution in [-0.2, 0) is 4.79 Å². The Hall–Kier alpha value is -0.790. The standard InChI is InChI=1S/C11H21NO/c1-7-10(8(2)3)11(5,6)12-9(4)13/h7-8,10H,1H2,2-6H3,(H,12,13). The molecule has 1 amide bonds. The maximum absolute atomic E-state index is 11.0. The van der Waals surface area contributed by atoms with E-state index in [1.165, 1.54) is 0 Å². The van der Waals surface area contributed by atoms with Crippen molar-refractivity contribution in [3.63, 3.8) is 0 Å². The average molecular weight is 183 g/mol. The molecule has 2 heteroatoms. The topological polar surface area (TPSA) is 29.1 Å². The molecule has 0 aromatic carbocycles. The molecule has 0 saturated heterocycles. The number of carbonyl (C=O) groups excluding carboxylic acids is 1. The Morgan fingerprint density at radius 1 is 1.46 bits per heavy atom. The zero-order valence-electron chi connectivity index (χ0n) is 9.35. The van der Waals surface area contributed by atoms with Crippen molar-refractivity contribution in [3.05, 3.63) is 12.7 Å². The van der Waals surface area contributed by atoms with E-state index in [2.05, 4.69) is 25.7 Å². The van der Waals surface area contributed by atoms with E-state index < -0.39 is 0 Å². The van der Waals surface area contributed by atoms with E-state index in [-0.39, 0.29) is 11.4 Å². The Labute approximate surface area is 81.4 Å². The molecule has 0 fully saturated rings. The Kier molecular flexibility index (Phi) is 4.18. The van der Waals surface area contributed by atoms with Gasteiger partial charge in [0.1, 0.15) is 0 Å². The molecule has 1 atom stereocenters. The van der Waals surface area contributed by atoms with Gasteiger partial charge in [-0.05, 0) is 19.8 Å². The van der Waals surface area contributed by atoms with Gasteiger partial charge in [0.2, 0.25) is 5.91 Å². The van der Waals surface area contributed by atoms with E-state index >= 15 is 0 Å². The number of rotatable bonds is 4. The predicted octanol–water partition coefficient (Wildman–Crippen LogP) is 2.36.